The van der Waals surface area contributed by atoms with Gasteiger partial charge in [0.15, 0.2) is 0 Å². The molecular formula is C4H13KO4Si. The molecule has 0 atom stereocenters. The van der Waals surface area contributed by atoms with Crippen molar-refractivity contribution in [2.45, 2.75) is 13.8 Å². The largest absolute Gasteiger partial charge is 1.00 e. The molecule has 4 N–H and O–H groups in total. The van der Waals surface area contributed by atoms with Crippen molar-refractivity contribution < 1.29 is 70.6 Å². The number of hydrogen-bond donors (Lipinski definition) is 4. The van der Waals surface area contributed by atoms with Crippen molar-refractivity contribution in [2.24, 2.45) is 5.92 Å². The SMILES string of the molecule is O[Si](O)(O)O.[CH2-]C(C)C.[K+]. The Hall–Kier alpha value is 1.69. The number of hydrogen-bond acceptors (Lipinski definition) is 4. The van der Waals surface area contributed by atoms with Crippen molar-refractivity contribution in [1.82, 2.24) is 0 Å². The van der Waals surface area contributed by atoms with E-state index in [9.17, 15) is 0 Å². The van der Waals surface area contributed by atoms with E-state index < -0.39 is 9.05 Å². The third kappa shape index (κ3) is 256. The smallest absolute Gasteiger partial charge is 0.368 e. The van der Waals surface area contributed by atoms with Gasteiger partial charge in [0.1, 0.15) is 0 Å². The molecule has 0 spiro atoms. The summed E-state index contributed by atoms with van der Waals surface area (Å²) >= 11 is 0. The van der Waals surface area contributed by atoms with Gasteiger partial charge in [0.05, 0.1) is 0 Å². The standard InChI is InChI=1S/C4H9.K.H4O4Si/c1-4(2)3;;1-5(2,3)4/h4H,1H2,2-3H3;;1-4H/q-1;+1;. The molecule has 0 bridgehead atoms. The van der Waals surface area contributed by atoms with Gasteiger partial charge in [-0.3, -0.25) is 0 Å². The van der Waals surface area contributed by atoms with Crippen LogP contribution >= 0.6 is 0 Å². The van der Waals surface area contributed by atoms with Crippen LogP contribution in [0.2, 0.25) is 0 Å². The fourth-order valence-electron chi connectivity index (χ4n) is 0. The molecule has 58 valence electrons. The molecule has 0 rings (SSSR count). The van der Waals surface area contributed by atoms with Crippen molar-refractivity contribution in [3.05, 3.63) is 6.92 Å². The minimum Gasteiger partial charge on any atom is -0.368 e. The van der Waals surface area contributed by atoms with Gasteiger partial charge in [-0.25, -0.2) is 0 Å². The van der Waals surface area contributed by atoms with Crippen LogP contribution in [0.15, 0.2) is 0 Å². The monoisotopic (exact) mass is 192 g/mol. The average molecular weight is 192 g/mol. The van der Waals surface area contributed by atoms with E-state index in [0.717, 1.165) is 0 Å². The third-order valence-electron chi connectivity index (χ3n) is 0. The van der Waals surface area contributed by atoms with Crippen LogP contribution < -0.4 is 51.4 Å². The second kappa shape index (κ2) is 8.79. The first-order chi connectivity index (χ1) is 3.73. The van der Waals surface area contributed by atoms with Crippen LogP contribution in [0.1, 0.15) is 13.8 Å². The van der Waals surface area contributed by atoms with E-state index in [4.69, 9.17) is 19.2 Å². The normalized spacial score (nSPS) is 9.60. The fraction of sp³-hybridized carbons (Fsp3) is 0.750. The second-order valence-corrected chi connectivity index (χ2v) is 3.19. The van der Waals surface area contributed by atoms with Crippen molar-refractivity contribution in [2.75, 3.05) is 0 Å². The van der Waals surface area contributed by atoms with Gasteiger partial charge in [-0.05, 0) is 0 Å². The molecule has 0 aliphatic heterocycles. The fourth-order valence-corrected chi connectivity index (χ4v) is 0. The average Bonchev–Trinajstić information content (AvgIpc) is 1.19. The summed E-state index contributed by atoms with van der Waals surface area (Å²) < 4.78 is 0. The van der Waals surface area contributed by atoms with Crippen LogP contribution in [-0.2, 0) is 0 Å². The van der Waals surface area contributed by atoms with E-state index in [1.165, 1.54) is 0 Å². The Bertz CT molecular complexity index is 54.0. The van der Waals surface area contributed by atoms with E-state index in [1.807, 2.05) is 0 Å². The van der Waals surface area contributed by atoms with Gasteiger partial charge >= 0.3 is 60.4 Å². The Balaban J connectivity index is -0.0000000910. The molecule has 0 aliphatic rings. The maximum atomic E-state index is 7.33. The molecular weight excluding hydrogens is 179 g/mol. The van der Waals surface area contributed by atoms with Crippen molar-refractivity contribution in [3.8, 4) is 0 Å². The molecule has 0 radical (unpaired) electrons. The molecule has 0 aliphatic carbocycles. The summed E-state index contributed by atoms with van der Waals surface area (Å²) in [6.07, 6.45) is 0. The van der Waals surface area contributed by atoms with Gasteiger partial charge in [-0.15, -0.1) is 0 Å². The molecule has 4 nitrogen and oxygen atoms in total. The first-order valence-corrected chi connectivity index (χ1v) is 4.25. The van der Waals surface area contributed by atoms with E-state index in [0.29, 0.717) is 5.92 Å². The minimum atomic E-state index is -4.61. The molecule has 0 aromatic carbocycles. The van der Waals surface area contributed by atoms with Crippen LogP contribution in [0.3, 0.4) is 0 Å². The van der Waals surface area contributed by atoms with Gasteiger partial charge in [0.25, 0.3) is 0 Å². The molecule has 0 heterocycles. The molecule has 0 saturated heterocycles. The maximum Gasteiger partial charge on any atom is 1.00 e. The van der Waals surface area contributed by atoms with Crippen molar-refractivity contribution in [1.29, 1.82) is 0 Å². The molecule has 6 heteroatoms. The summed E-state index contributed by atoms with van der Waals surface area (Å²) in [7, 11) is -4.61. The first kappa shape index (κ1) is 17.7. The molecule has 0 unspecified atom stereocenters. The van der Waals surface area contributed by atoms with E-state index in [-0.39, 0.29) is 51.4 Å². The molecule has 0 saturated carbocycles. The van der Waals surface area contributed by atoms with E-state index in [1.54, 1.807) is 0 Å². The Labute approximate surface area is 105 Å². The Morgan fingerprint density at radius 3 is 1.10 bits per heavy atom. The summed E-state index contributed by atoms with van der Waals surface area (Å²) in [5.41, 5.74) is 0. The predicted molar refractivity (Wildman–Crippen MR) is 34.8 cm³/mol. The van der Waals surface area contributed by atoms with Gasteiger partial charge in [-0.1, -0.05) is 13.8 Å². The topological polar surface area (TPSA) is 80.9 Å². The first-order valence-electron chi connectivity index (χ1n) is 2.46. The summed E-state index contributed by atoms with van der Waals surface area (Å²) in [4.78, 5) is 29.3. The minimum absolute atomic E-state index is 0. The predicted octanol–water partition coefficient (Wildman–Crippen LogP) is -4.13. The van der Waals surface area contributed by atoms with Crippen molar-refractivity contribution in [3.63, 3.8) is 0 Å². The van der Waals surface area contributed by atoms with Gasteiger partial charge in [-0.2, -0.15) is 5.92 Å². The van der Waals surface area contributed by atoms with Crippen LogP contribution in [-0.4, -0.2) is 28.2 Å². The van der Waals surface area contributed by atoms with Crippen LogP contribution in [0.5, 0.6) is 0 Å². The zero-order chi connectivity index (χ0) is 8.08. The summed E-state index contributed by atoms with van der Waals surface area (Å²) in [6, 6.07) is 0. The van der Waals surface area contributed by atoms with Crippen LogP contribution in [0, 0.1) is 12.8 Å². The maximum absolute atomic E-state index is 7.33. The molecule has 0 aromatic rings. The zero-order valence-corrected chi connectivity index (χ0v) is 10.7. The zero-order valence-electron chi connectivity index (χ0n) is 6.57. The third-order valence-corrected chi connectivity index (χ3v) is 0. The summed E-state index contributed by atoms with van der Waals surface area (Å²) in [6.45, 7) is 7.75. The Morgan fingerprint density at radius 2 is 1.10 bits per heavy atom. The molecule has 0 fully saturated rings. The Kier molecular flexibility index (Phi) is 15.5. The van der Waals surface area contributed by atoms with Crippen LogP contribution in [0.25, 0.3) is 0 Å². The van der Waals surface area contributed by atoms with Gasteiger partial charge in [0, 0.05) is 0 Å². The van der Waals surface area contributed by atoms with Crippen LogP contribution in [0.4, 0.5) is 0 Å². The molecule has 0 amide bonds. The summed E-state index contributed by atoms with van der Waals surface area (Å²) in [5.74, 6) is 0.583. The molecule has 10 heavy (non-hydrogen) atoms. The number of rotatable bonds is 0. The second-order valence-electron chi connectivity index (χ2n) is 1.99. The van der Waals surface area contributed by atoms with E-state index in [2.05, 4.69) is 20.8 Å². The summed E-state index contributed by atoms with van der Waals surface area (Å²) in [5, 5.41) is 0. The van der Waals surface area contributed by atoms with Crippen molar-refractivity contribution >= 4 is 9.05 Å². The van der Waals surface area contributed by atoms with Gasteiger partial charge < -0.3 is 26.1 Å². The van der Waals surface area contributed by atoms with Gasteiger partial charge in [0.2, 0.25) is 0 Å². The van der Waals surface area contributed by atoms with E-state index >= 15 is 0 Å². The quantitative estimate of drug-likeness (QED) is 0.232. The Morgan fingerprint density at radius 1 is 1.10 bits per heavy atom. The molecule has 0 aromatic heterocycles.